The Labute approximate surface area is 275 Å². The molecular weight excluding hydrogens is 584 g/mol. The van der Waals surface area contributed by atoms with Crippen LogP contribution < -0.4 is 21.1 Å². The lowest BCUT2D eigenvalue weighted by atomic mass is 10.1. The van der Waals surface area contributed by atoms with Crippen molar-refractivity contribution in [2.24, 2.45) is 12.8 Å². The number of aryl methyl sites for hydroxylation is 2. The van der Waals surface area contributed by atoms with E-state index in [0.29, 0.717) is 28.8 Å². The van der Waals surface area contributed by atoms with Gasteiger partial charge in [0.05, 0.1) is 36.9 Å². The van der Waals surface area contributed by atoms with Crippen molar-refractivity contribution in [3.63, 3.8) is 0 Å². The number of hydrogen-bond donors (Lipinski definition) is 3. The number of esters is 1. The van der Waals surface area contributed by atoms with Gasteiger partial charge in [-0.25, -0.2) is 14.8 Å². The quantitative estimate of drug-likeness (QED) is 0.0988. The fraction of sp³-hybridized carbons (Fsp3) is 0.515. The van der Waals surface area contributed by atoms with Crippen LogP contribution in [0.4, 0.5) is 23.1 Å². The molecule has 4 N–H and O–H groups in total. The minimum Gasteiger partial charge on any atom is -0.494 e. The molecule has 0 amide bonds. The largest absolute Gasteiger partial charge is 0.494 e. The van der Waals surface area contributed by atoms with Crippen molar-refractivity contribution in [1.82, 2.24) is 34.5 Å². The number of benzene rings is 1. The molecule has 0 bridgehead atoms. The van der Waals surface area contributed by atoms with Gasteiger partial charge in [0.25, 0.3) is 0 Å². The number of unbranched alkanes of at least 4 members (excludes halogenated alkanes) is 3. The van der Waals surface area contributed by atoms with Gasteiger partial charge in [0.2, 0.25) is 5.95 Å². The average molecular weight is 641 g/mol. The number of aromatic nitrogens is 7. The van der Waals surface area contributed by atoms with E-state index in [-0.39, 0.29) is 25.4 Å². The molecule has 4 aromatic rings. The van der Waals surface area contributed by atoms with Gasteiger partial charge in [-0.3, -0.25) is 9.36 Å². The summed E-state index contributed by atoms with van der Waals surface area (Å²) >= 11 is 0. The third kappa shape index (κ3) is 12.8. The maximum absolute atomic E-state index is 12.7. The summed E-state index contributed by atoms with van der Waals surface area (Å²) < 4.78 is 14.4. The lowest BCUT2D eigenvalue weighted by molar-refractivity contribution is 0.0526. The van der Waals surface area contributed by atoms with Crippen LogP contribution in [0.2, 0.25) is 0 Å². The number of nitrogens with one attached hydrogen (secondary N) is 2. The number of hydrogen-bond acceptors (Lipinski definition) is 11. The third-order valence-electron chi connectivity index (χ3n) is 5.73. The van der Waals surface area contributed by atoms with E-state index in [9.17, 15) is 4.79 Å². The Bertz CT molecular complexity index is 1390. The zero-order valence-corrected chi connectivity index (χ0v) is 28.4. The summed E-state index contributed by atoms with van der Waals surface area (Å²) in [6.07, 6.45) is 12.6. The molecule has 4 rings (SSSR count). The number of para-hydroxylation sites is 1. The zero-order chi connectivity index (χ0) is 33.6. The summed E-state index contributed by atoms with van der Waals surface area (Å²) in [5.74, 6) is 1.04. The Morgan fingerprint density at radius 1 is 1.00 bits per heavy atom. The number of nitrogens with two attached hydrogens (primary N) is 1. The number of ether oxygens (including phenoxy) is 2. The van der Waals surface area contributed by atoms with Gasteiger partial charge in [0, 0.05) is 26.0 Å². The topological polar surface area (TPSA) is 160 Å². The Balaban J connectivity index is 0.00000235. The molecule has 0 radical (unpaired) electrons. The molecular formula is C33H56N10O3. The number of carbonyl (C=O) groups is 1. The van der Waals surface area contributed by atoms with Crippen LogP contribution in [0.1, 0.15) is 91.4 Å². The van der Waals surface area contributed by atoms with Crippen molar-refractivity contribution >= 4 is 29.1 Å². The predicted molar refractivity (Wildman–Crippen MR) is 188 cm³/mol. The highest BCUT2D eigenvalue weighted by molar-refractivity contribution is 5.96. The van der Waals surface area contributed by atoms with Crippen LogP contribution in [0.25, 0.3) is 11.4 Å². The Morgan fingerprint density at radius 2 is 1.72 bits per heavy atom. The van der Waals surface area contributed by atoms with Crippen molar-refractivity contribution in [1.29, 1.82) is 0 Å². The van der Waals surface area contributed by atoms with E-state index in [0.717, 1.165) is 18.7 Å². The van der Waals surface area contributed by atoms with E-state index in [1.165, 1.54) is 38.9 Å². The van der Waals surface area contributed by atoms with E-state index < -0.39 is 5.97 Å². The molecule has 0 aliphatic heterocycles. The first kappa shape index (κ1) is 41.5. The molecule has 0 saturated carbocycles. The first-order chi connectivity index (χ1) is 21.9. The molecule has 3 heterocycles. The van der Waals surface area contributed by atoms with Crippen molar-refractivity contribution in [3.05, 3.63) is 48.7 Å². The monoisotopic (exact) mass is 640 g/mol. The molecule has 256 valence electrons. The fourth-order valence-electron chi connectivity index (χ4n) is 3.90. The maximum Gasteiger partial charge on any atom is 0.343 e. The van der Waals surface area contributed by atoms with Crippen LogP contribution >= 0.6 is 0 Å². The van der Waals surface area contributed by atoms with Gasteiger partial charge in [-0.1, -0.05) is 73.8 Å². The summed E-state index contributed by atoms with van der Waals surface area (Å²) in [5.41, 5.74) is 6.70. The lowest BCUT2D eigenvalue weighted by Gasteiger charge is -2.16. The van der Waals surface area contributed by atoms with Crippen LogP contribution in [-0.4, -0.2) is 61.2 Å². The lowest BCUT2D eigenvalue weighted by Crippen LogP contribution is -2.12. The molecule has 3 aromatic heterocycles. The Morgan fingerprint density at radius 3 is 2.33 bits per heavy atom. The van der Waals surface area contributed by atoms with Crippen LogP contribution in [0, 0.1) is 0 Å². The van der Waals surface area contributed by atoms with Crippen LogP contribution in [0.3, 0.4) is 0 Å². The second-order valence-corrected chi connectivity index (χ2v) is 9.31. The van der Waals surface area contributed by atoms with E-state index >= 15 is 0 Å². The first-order valence-corrected chi connectivity index (χ1v) is 15.6. The van der Waals surface area contributed by atoms with Crippen LogP contribution in [0.5, 0.6) is 5.75 Å². The molecule has 0 atom stereocenters. The van der Waals surface area contributed by atoms with Crippen LogP contribution in [-0.2, 0) is 18.3 Å². The second-order valence-electron chi connectivity index (χ2n) is 9.31. The number of methoxy groups -OCH3 is 1. The highest BCUT2D eigenvalue weighted by Gasteiger charge is 2.20. The van der Waals surface area contributed by atoms with Gasteiger partial charge in [-0.15, -0.1) is 0 Å². The fourth-order valence-corrected chi connectivity index (χ4v) is 3.90. The molecule has 0 aliphatic rings. The molecule has 0 fully saturated rings. The van der Waals surface area contributed by atoms with E-state index in [1.807, 2.05) is 42.9 Å². The van der Waals surface area contributed by atoms with Crippen molar-refractivity contribution < 1.29 is 14.3 Å². The molecule has 0 unspecified atom stereocenters. The molecule has 46 heavy (non-hydrogen) atoms. The number of nitrogens with zero attached hydrogens (tertiary/aromatic N) is 7. The third-order valence-corrected chi connectivity index (χ3v) is 5.73. The van der Waals surface area contributed by atoms with E-state index in [1.54, 1.807) is 38.3 Å². The van der Waals surface area contributed by atoms with Gasteiger partial charge in [-0.05, 0) is 32.5 Å². The van der Waals surface area contributed by atoms with Crippen LogP contribution in [0.15, 0.2) is 43.1 Å². The van der Waals surface area contributed by atoms with Crippen molar-refractivity contribution in [2.45, 2.75) is 87.6 Å². The van der Waals surface area contributed by atoms with E-state index in [4.69, 9.17) is 9.47 Å². The summed E-state index contributed by atoms with van der Waals surface area (Å²) in [7, 11) is 4.86. The first-order valence-electron chi connectivity index (χ1n) is 15.6. The predicted octanol–water partition coefficient (Wildman–Crippen LogP) is 7.37. The minimum atomic E-state index is -0.539. The normalized spacial score (nSPS) is 9.61. The van der Waals surface area contributed by atoms with Gasteiger partial charge >= 0.3 is 5.97 Å². The highest BCUT2D eigenvalue weighted by Crippen LogP contribution is 2.36. The Hall–Kier alpha value is -4.52. The average Bonchev–Trinajstić information content (AvgIpc) is 3.70. The molecule has 0 saturated heterocycles. The van der Waals surface area contributed by atoms with Crippen molar-refractivity contribution in [2.75, 3.05) is 31.4 Å². The van der Waals surface area contributed by atoms with Gasteiger partial charge in [-0.2, -0.15) is 15.2 Å². The smallest absolute Gasteiger partial charge is 0.343 e. The standard InChI is InChI=1S/C26H33N9O3.C3H8.C2H6.CH5N.CH4/c1-5-7-8-9-13-35-16-18(14-29-35)30-26-27-15-20(25(36)38-6-2)24(32-26)31-21-12-10-11-19(22(21)37-4)23-28-17-34(3)33-23;1-3-2;2*1-2;/h10-12,14-17H,5-9,13H2,1-4H3,(H2,27,30,31,32);3H2,1-2H3;1-2H3;2H2,1H3;1H4. The second kappa shape index (κ2) is 23.8. The Kier molecular flexibility index (Phi) is 21.5. The zero-order valence-electron chi connectivity index (χ0n) is 28.4. The SMILES string of the molecule is C.CC.CCC.CCCCCCn1cc(Nc2ncc(C(=O)OCC)c(Nc3cccc(-c4ncn(C)n4)c3OC)n2)cn1.CN. The number of rotatable bonds is 13. The highest BCUT2D eigenvalue weighted by atomic mass is 16.5. The molecule has 13 nitrogen and oxygen atoms in total. The number of anilines is 4. The maximum atomic E-state index is 12.7. The summed E-state index contributed by atoms with van der Waals surface area (Å²) in [5, 5.41) is 15.2. The molecule has 1 aromatic carbocycles. The van der Waals surface area contributed by atoms with Gasteiger partial charge in [0.15, 0.2) is 17.4 Å². The molecule has 13 heteroatoms. The summed E-state index contributed by atoms with van der Waals surface area (Å²) in [6, 6.07) is 5.52. The molecule has 0 spiro atoms. The van der Waals surface area contributed by atoms with Crippen molar-refractivity contribution in [3.8, 4) is 17.1 Å². The number of carbonyl (C=O) groups excluding carboxylic acids is 1. The summed E-state index contributed by atoms with van der Waals surface area (Å²) in [4.78, 5) is 25.9. The van der Waals surface area contributed by atoms with Gasteiger partial charge < -0.3 is 25.8 Å². The van der Waals surface area contributed by atoms with E-state index in [2.05, 4.69) is 62.3 Å². The summed E-state index contributed by atoms with van der Waals surface area (Å²) in [6.45, 7) is 13.3. The minimum absolute atomic E-state index is 0. The molecule has 0 aliphatic carbocycles. The van der Waals surface area contributed by atoms with Gasteiger partial charge in [0.1, 0.15) is 11.9 Å².